The maximum Gasteiger partial charge on any atom is 0.230 e. The van der Waals surface area contributed by atoms with Crippen molar-refractivity contribution in [2.75, 3.05) is 6.54 Å². The lowest BCUT2D eigenvalue weighted by molar-refractivity contribution is 0.157. The van der Waals surface area contributed by atoms with Gasteiger partial charge in [0.05, 0.1) is 6.07 Å². The van der Waals surface area contributed by atoms with Crippen LogP contribution in [0.3, 0.4) is 0 Å². The van der Waals surface area contributed by atoms with Gasteiger partial charge in [-0.1, -0.05) is 13.8 Å². The maximum absolute atomic E-state index is 12.1. The first kappa shape index (κ1) is 13.5. The molecule has 0 aromatic carbocycles. The summed E-state index contributed by atoms with van der Waals surface area (Å²) in [6, 6.07) is 1.82. The molecule has 1 aliphatic rings. The van der Waals surface area contributed by atoms with Crippen LogP contribution in [0.4, 0.5) is 0 Å². The average Bonchev–Trinajstić information content (AvgIpc) is 2.21. The zero-order valence-electron chi connectivity index (χ0n) is 10.3. The fraction of sp³-hybridized carbons (Fsp3) is 0.909. The summed E-state index contributed by atoms with van der Waals surface area (Å²) in [5.74, 6) is 0.719. The zero-order chi connectivity index (χ0) is 12.5. The Morgan fingerprint density at radius 3 is 2.44 bits per heavy atom. The molecule has 4 unspecified atom stereocenters. The van der Waals surface area contributed by atoms with E-state index in [-0.39, 0.29) is 6.04 Å². The molecule has 0 N–H and O–H groups in total. The lowest BCUT2D eigenvalue weighted by Crippen LogP contribution is -2.51. The number of piperidine rings is 1. The second kappa shape index (κ2) is 4.72. The first-order chi connectivity index (χ1) is 7.30. The molecule has 5 heteroatoms. The van der Waals surface area contributed by atoms with E-state index in [1.165, 1.54) is 11.2 Å². The molecule has 0 radical (unpaired) electrons. The lowest BCUT2D eigenvalue weighted by Gasteiger charge is -2.40. The summed E-state index contributed by atoms with van der Waals surface area (Å²) in [5.41, 5.74) is 0. The van der Waals surface area contributed by atoms with Crippen molar-refractivity contribution >= 4 is 10.0 Å². The predicted molar refractivity (Wildman–Crippen MR) is 63.1 cm³/mol. The van der Waals surface area contributed by atoms with Gasteiger partial charge < -0.3 is 0 Å². The van der Waals surface area contributed by atoms with Crippen molar-refractivity contribution in [3.63, 3.8) is 0 Å². The fourth-order valence-electron chi connectivity index (χ4n) is 2.27. The third-order valence-electron chi connectivity index (χ3n) is 3.50. The largest absolute Gasteiger partial charge is 0.230 e. The van der Waals surface area contributed by atoms with Crippen molar-refractivity contribution in [2.45, 2.75) is 45.4 Å². The maximum atomic E-state index is 12.1. The molecule has 0 amide bonds. The Morgan fingerprint density at radius 2 is 1.94 bits per heavy atom. The summed E-state index contributed by atoms with van der Waals surface area (Å²) >= 11 is 0. The molecule has 1 saturated heterocycles. The Labute approximate surface area is 98.3 Å². The van der Waals surface area contributed by atoms with Crippen LogP contribution < -0.4 is 0 Å². The van der Waals surface area contributed by atoms with Crippen LogP contribution in [-0.4, -0.2) is 30.6 Å². The topological polar surface area (TPSA) is 61.2 Å². The van der Waals surface area contributed by atoms with Crippen molar-refractivity contribution in [1.29, 1.82) is 5.26 Å². The third kappa shape index (κ3) is 2.38. The van der Waals surface area contributed by atoms with E-state index in [4.69, 9.17) is 5.26 Å². The molecule has 1 aliphatic heterocycles. The quantitative estimate of drug-likeness (QED) is 0.741. The molecule has 1 fully saturated rings. The van der Waals surface area contributed by atoms with Crippen LogP contribution in [0.1, 0.15) is 34.1 Å². The van der Waals surface area contributed by atoms with E-state index in [0.29, 0.717) is 18.4 Å². The first-order valence-corrected chi connectivity index (χ1v) is 7.21. The average molecular weight is 244 g/mol. The lowest BCUT2D eigenvalue weighted by atomic mass is 9.88. The van der Waals surface area contributed by atoms with Crippen molar-refractivity contribution in [3.05, 3.63) is 0 Å². The molecule has 4 atom stereocenters. The summed E-state index contributed by atoms with van der Waals surface area (Å²) < 4.78 is 25.8. The molecule has 0 bridgehead atoms. The fourth-order valence-corrected chi connectivity index (χ4v) is 3.94. The van der Waals surface area contributed by atoms with Crippen molar-refractivity contribution in [3.8, 4) is 6.07 Å². The van der Waals surface area contributed by atoms with Crippen LogP contribution in [-0.2, 0) is 10.0 Å². The van der Waals surface area contributed by atoms with E-state index in [9.17, 15) is 8.42 Å². The van der Waals surface area contributed by atoms with E-state index >= 15 is 0 Å². The molecule has 16 heavy (non-hydrogen) atoms. The summed E-state index contributed by atoms with van der Waals surface area (Å²) in [7, 11) is -3.45. The molecule has 0 aromatic rings. The van der Waals surface area contributed by atoms with Gasteiger partial charge in [-0.2, -0.15) is 9.57 Å². The van der Waals surface area contributed by atoms with Crippen molar-refractivity contribution < 1.29 is 8.42 Å². The molecule has 4 nitrogen and oxygen atoms in total. The van der Waals surface area contributed by atoms with Crippen LogP contribution in [0.5, 0.6) is 0 Å². The van der Waals surface area contributed by atoms with Crippen LogP contribution in [0, 0.1) is 23.2 Å². The van der Waals surface area contributed by atoms with Gasteiger partial charge in [-0.3, -0.25) is 0 Å². The van der Waals surface area contributed by atoms with Gasteiger partial charge in [0, 0.05) is 12.6 Å². The Kier molecular flexibility index (Phi) is 3.97. The second-order valence-corrected chi connectivity index (χ2v) is 7.15. The van der Waals surface area contributed by atoms with Crippen LogP contribution >= 0.6 is 0 Å². The van der Waals surface area contributed by atoms with Crippen LogP contribution in [0.2, 0.25) is 0 Å². The van der Waals surface area contributed by atoms with E-state index in [2.05, 4.69) is 13.8 Å². The zero-order valence-corrected chi connectivity index (χ0v) is 11.2. The monoisotopic (exact) mass is 244 g/mol. The summed E-state index contributed by atoms with van der Waals surface area (Å²) in [6.45, 7) is 8.05. The van der Waals surface area contributed by atoms with Gasteiger partial charge in [-0.25, -0.2) is 8.42 Å². The van der Waals surface area contributed by atoms with E-state index in [1.807, 2.05) is 13.0 Å². The Morgan fingerprint density at radius 1 is 1.38 bits per heavy atom. The van der Waals surface area contributed by atoms with Gasteiger partial charge >= 0.3 is 0 Å². The number of rotatable bonds is 2. The number of hydrogen-bond acceptors (Lipinski definition) is 3. The Balaban J connectivity index is 2.99. The van der Waals surface area contributed by atoms with Crippen LogP contribution in [0.25, 0.3) is 0 Å². The molecule has 1 rings (SSSR count). The minimum Gasteiger partial charge on any atom is -0.211 e. The van der Waals surface area contributed by atoms with Crippen molar-refractivity contribution in [1.82, 2.24) is 4.31 Å². The number of nitriles is 1. The van der Waals surface area contributed by atoms with E-state index < -0.39 is 15.3 Å². The van der Waals surface area contributed by atoms with Gasteiger partial charge in [0.15, 0.2) is 5.25 Å². The minimum absolute atomic E-state index is 0.00278. The van der Waals surface area contributed by atoms with Gasteiger partial charge in [0.2, 0.25) is 10.0 Å². The molecule has 92 valence electrons. The molecule has 0 saturated carbocycles. The first-order valence-electron chi connectivity index (χ1n) is 5.71. The molecule has 0 aromatic heterocycles. The third-order valence-corrected chi connectivity index (χ3v) is 5.63. The van der Waals surface area contributed by atoms with E-state index in [1.54, 1.807) is 0 Å². The summed E-state index contributed by atoms with van der Waals surface area (Å²) in [5, 5.41) is 7.81. The highest BCUT2D eigenvalue weighted by molar-refractivity contribution is 7.90. The van der Waals surface area contributed by atoms with Crippen molar-refractivity contribution in [2.24, 2.45) is 11.8 Å². The summed E-state index contributed by atoms with van der Waals surface area (Å²) in [6.07, 6.45) is 1.05. The standard InChI is InChI=1S/C11H20N2O2S/c1-8-5-9(2)11(4)13(7-8)16(14,15)10(3)6-12/h8-11H,5,7H2,1-4H3. The SMILES string of the molecule is CC1CC(C)C(C)N(S(=O)(=O)C(C)C#N)C1. The predicted octanol–water partition coefficient (Wildman–Crippen LogP) is 1.59. The Hall–Kier alpha value is -0.600. The van der Waals surface area contributed by atoms with Gasteiger partial charge in [-0.15, -0.1) is 0 Å². The van der Waals surface area contributed by atoms with Gasteiger partial charge in [0.1, 0.15) is 0 Å². The number of hydrogen-bond donors (Lipinski definition) is 0. The molecule has 1 heterocycles. The molecular formula is C11H20N2O2S. The number of nitrogens with zero attached hydrogens (tertiary/aromatic N) is 2. The van der Waals surface area contributed by atoms with Gasteiger partial charge in [-0.05, 0) is 32.1 Å². The number of sulfonamides is 1. The molecule has 0 spiro atoms. The normalized spacial score (nSPS) is 34.3. The minimum atomic E-state index is -3.45. The van der Waals surface area contributed by atoms with Gasteiger partial charge in [0.25, 0.3) is 0 Å². The highest BCUT2D eigenvalue weighted by Crippen LogP contribution is 2.30. The highest BCUT2D eigenvalue weighted by Gasteiger charge is 2.38. The highest BCUT2D eigenvalue weighted by atomic mass is 32.2. The second-order valence-electron chi connectivity index (χ2n) is 4.94. The molecular weight excluding hydrogens is 224 g/mol. The van der Waals surface area contributed by atoms with E-state index in [0.717, 1.165) is 6.42 Å². The smallest absolute Gasteiger partial charge is 0.211 e. The van der Waals surface area contributed by atoms with Crippen LogP contribution in [0.15, 0.2) is 0 Å². The Bertz CT molecular complexity index is 385. The summed E-state index contributed by atoms with van der Waals surface area (Å²) in [4.78, 5) is 0. The molecule has 0 aliphatic carbocycles.